The Hall–Kier alpha value is -3.26. The maximum absolute atomic E-state index is 14.0. The quantitative estimate of drug-likeness (QED) is 0.637. The number of nitrogens with two attached hydrogens (primary N) is 1. The average molecular weight is 400 g/mol. The second-order valence-electron chi connectivity index (χ2n) is 6.49. The van der Waals surface area contributed by atoms with E-state index in [4.69, 9.17) is 5.73 Å². The molecule has 2 aromatic heterocycles. The highest BCUT2D eigenvalue weighted by Crippen LogP contribution is 2.38. The SMILES string of the molecule is NC(=O)C(NCc1ccncc1)c1cccc(Cc2cccnc2)c1C(F)(F)F. The molecule has 0 saturated heterocycles. The number of carbonyl (C=O) groups excluding carboxylic acids is 1. The van der Waals surface area contributed by atoms with Crippen LogP contribution >= 0.6 is 0 Å². The van der Waals surface area contributed by atoms with Gasteiger partial charge in [-0.3, -0.25) is 20.1 Å². The van der Waals surface area contributed by atoms with Crippen molar-refractivity contribution in [3.63, 3.8) is 0 Å². The van der Waals surface area contributed by atoms with Gasteiger partial charge < -0.3 is 5.73 Å². The Labute approximate surface area is 165 Å². The van der Waals surface area contributed by atoms with Crippen LogP contribution < -0.4 is 11.1 Å². The van der Waals surface area contributed by atoms with E-state index in [0.29, 0.717) is 5.56 Å². The van der Waals surface area contributed by atoms with Gasteiger partial charge in [0.15, 0.2) is 0 Å². The van der Waals surface area contributed by atoms with E-state index in [-0.39, 0.29) is 24.1 Å². The van der Waals surface area contributed by atoms with Crippen molar-refractivity contribution >= 4 is 5.91 Å². The number of benzene rings is 1. The first-order valence-corrected chi connectivity index (χ1v) is 8.85. The number of pyridine rings is 2. The molecule has 1 amide bonds. The molecule has 0 radical (unpaired) electrons. The molecule has 0 saturated carbocycles. The van der Waals surface area contributed by atoms with Crippen LogP contribution in [0.4, 0.5) is 13.2 Å². The molecular weight excluding hydrogens is 381 g/mol. The average Bonchev–Trinajstić information content (AvgIpc) is 2.69. The van der Waals surface area contributed by atoms with Crippen molar-refractivity contribution in [1.82, 2.24) is 15.3 Å². The summed E-state index contributed by atoms with van der Waals surface area (Å²) in [7, 11) is 0. The Morgan fingerprint density at radius 1 is 1.00 bits per heavy atom. The maximum Gasteiger partial charge on any atom is 0.417 e. The van der Waals surface area contributed by atoms with Gasteiger partial charge in [-0.05, 0) is 46.9 Å². The Morgan fingerprint density at radius 3 is 2.38 bits per heavy atom. The lowest BCUT2D eigenvalue weighted by Gasteiger charge is -2.23. The van der Waals surface area contributed by atoms with Crippen molar-refractivity contribution in [1.29, 1.82) is 0 Å². The summed E-state index contributed by atoms with van der Waals surface area (Å²) in [5.74, 6) is -0.886. The molecule has 1 unspecified atom stereocenters. The van der Waals surface area contributed by atoms with Gasteiger partial charge in [0.05, 0.1) is 5.56 Å². The molecule has 1 atom stereocenters. The highest BCUT2D eigenvalue weighted by atomic mass is 19.4. The van der Waals surface area contributed by atoms with Crippen LogP contribution in [-0.4, -0.2) is 15.9 Å². The zero-order chi connectivity index (χ0) is 20.9. The highest BCUT2D eigenvalue weighted by Gasteiger charge is 2.38. The molecule has 1 aromatic carbocycles. The Bertz CT molecular complexity index is 963. The molecule has 0 bridgehead atoms. The summed E-state index contributed by atoms with van der Waals surface area (Å²) in [5, 5.41) is 2.84. The lowest BCUT2D eigenvalue weighted by Crippen LogP contribution is -2.35. The van der Waals surface area contributed by atoms with Gasteiger partial charge in [-0.2, -0.15) is 13.2 Å². The second-order valence-corrected chi connectivity index (χ2v) is 6.49. The van der Waals surface area contributed by atoms with Crippen molar-refractivity contribution in [2.24, 2.45) is 5.73 Å². The van der Waals surface area contributed by atoms with Gasteiger partial charge in [0, 0.05) is 31.3 Å². The van der Waals surface area contributed by atoms with E-state index in [1.54, 1.807) is 42.9 Å². The number of hydrogen-bond acceptors (Lipinski definition) is 4. The number of hydrogen-bond donors (Lipinski definition) is 2. The number of nitrogens with zero attached hydrogens (tertiary/aromatic N) is 2. The van der Waals surface area contributed by atoms with Crippen molar-refractivity contribution in [3.05, 3.63) is 95.1 Å². The number of amides is 1. The highest BCUT2D eigenvalue weighted by molar-refractivity contribution is 5.82. The van der Waals surface area contributed by atoms with Crippen molar-refractivity contribution < 1.29 is 18.0 Å². The van der Waals surface area contributed by atoms with Crippen molar-refractivity contribution in [2.75, 3.05) is 0 Å². The Morgan fingerprint density at radius 2 is 1.76 bits per heavy atom. The molecule has 5 nitrogen and oxygen atoms in total. The number of aromatic nitrogens is 2. The summed E-state index contributed by atoms with van der Waals surface area (Å²) in [6, 6.07) is 9.66. The van der Waals surface area contributed by atoms with Gasteiger partial charge in [-0.1, -0.05) is 24.3 Å². The summed E-state index contributed by atoms with van der Waals surface area (Å²) in [4.78, 5) is 19.9. The van der Waals surface area contributed by atoms with Gasteiger partial charge in [0.25, 0.3) is 0 Å². The number of primary amides is 1. The summed E-state index contributed by atoms with van der Waals surface area (Å²) < 4.78 is 42.0. The molecule has 150 valence electrons. The third-order valence-electron chi connectivity index (χ3n) is 4.44. The number of alkyl halides is 3. The molecule has 3 N–H and O–H groups in total. The fourth-order valence-corrected chi connectivity index (χ4v) is 3.16. The first-order valence-electron chi connectivity index (χ1n) is 8.85. The maximum atomic E-state index is 14.0. The third kappa shape index (κ3) is 5.17. The largest absolute Gasteiger partial charge is 0.417 e. The minimum absolute atomic E-state index is 0.0341. The molecular formula is C21H19F3N4O. The minimum Gasteiger partial charge on any atom is -0.368 e. The monoisotopic (exact) mass is 400 g/mol. The molecule has 3 rings (SSSR count). The molecule has 0 spiro atoms. The van der Waals surface area contributed by atoms with Crippen LogP contribution in [-0.2, 0) is 23.9 Å². The number of carbonyl (C=O) groups is 1. The van der Waals surface area contributed by atoms with Gasteiger partial charge in [0.2, 0.25) is 5.91 Å². The first kappa shape index (κ1) is 20.5. The summed E-state index contributed by atoms with van der Waals surface area (Å²) >= 11 is 0. The molecule has 0 aliphatic rings. The zero-order valence-corrected chi connectivity index (χ0v) is 15.4. The lowest BCUT2D eigenvalue weighted by atomic mass is 9.91. The van der Waals surface area contributed by atoms with Crippen LogP contribution in [0.5, 0.6) is 0 Å². The summed E-state index contributed by atoms with van der Waals surface area (Å²) in [6.07, 6.45) is 1.57. The van der Waals surface area contributed by atoms with E-state index in [9.17, 15) is 18.0 Å². The van der Waals surface area contributed by atoms with Crippen LogP contribution in [0.3, 0.4) is 0 Å². The second kappa shape index (κ2) is 8.83. The molecule has 0 fully saturated rings. The predicted octanol–water partition coefficient (Wildman–Crippen LogP) is 3.40. The van der Waals surface area contributed by atoms with Crippen molar-refractivity contribution in [3.8, 4) is 0 Å². The topological polar surface area (TPSA) is 80.9 Å². The van der Waals surface area contributed by atoms with Gasteiger partial charge in [0.1, 0.15) is 6.04 Å². The van der Waals surface area contributed by atoms with E-state index in [2.05, 4.69) is 15.3 Å². The van der Waals surface area contributed by atoms with Crippen LogP contribution in [0, 0.1) is 0 Å². The Balaban J connectivity index is 1.99. The molecule has 3 aromatic rings. The van der Waals surface area contributed by atoms with Crippen LogP contribution in [0.2, 0.25) is 0 Å². The van der Waals surface area contributed by atoms with E-state index >= 15 is 0 Å². The van der Waals surface area contributed by atoms with Crippen LogP contribution in [0.15, 0.2) is 67.3 Å². The zero-order valence-electron chi connectivity index (χ0n) is 15.4. The normalized spacial score (nSPS) is 12.5. The summed E-state index contributed by atoms with van der Waals surface area (Å²) in [6.45, 7) is 0.167. The van der Waals surface area contributed by atoms with Gasteiger partial charge in [-0.25, -0.2) is 0 Å². The molecule has 2 heterocycles. The standard InChI is InChI=1S/C21H19F3N4O/c22-21(23,24)18-16(11-15-3-2-8-27-12-15)4-1-5-17(18)19(20(25)29)28-13-14-6-9-26-10-7-14/h1-10,12,19,28H,11,13H2,(H2,25,29). The molecule has 8 heteroatoms. The minimum atomic E-state index is -4.65. The van der Waals surface area contributed by atoms with Crippen LogP contribution in [0.1, 0.15) is 33.9 Å². The molecule has 0 aliphatic heterocycles. The van der Waals surface area contributed by atoms with Crippen LogP contribution in [0.25, 0.3) is 0 Å². The van der Waals surface area contributed by atoms with E-state index in [1.807, 2.05) is 0 Å². The Kier molecular flexibility index (Phi) is 6.23. The molecule has 29 heavy (non-hydrogen) atoms. The number of halogens is 3. The third-order valence-corrected chi connectivity index (χ3v) is 4.44. The molecule has 0 aliphatic carbocycles. The number of rotatable bonds is 7. The lowest BCUT2D eigenvalue weighted by molar-refractivity contribution is -0.139. The predicted molar refractivity (Wildman–Crippen MR) is 101 cm³/mol. The van der Waals surface area contributed by atoms with Gasteiger partial charge in [-0.15, -0.1) is 0 Å². The summed E-state index contributed by atoms with van der Waals surface area (Å²) in [5.41, 5.74) is 5.87. The fourth-order valence-electron chi connectivity index (χ4n) is 3.16. The fraction of sp³-hybridized carbons (Fsp3) is 0.190. The number of nitrogens with one attached hydrogen (secondary N) is 1. The smallest absolute Gasteiger partial charge is 0.368 e. The first-order chi connectivity index (χ1) is 13.9. The van der Waals surface area contributed by atoms with E-state index in [0.717, 1.165) is 5.56 Å². The van der Waals surface area contributed by atoms with E-state index < -0.39 is 23.7 Å². The van der Waals surface area contributed by atoms with Crippen molar-refractivity contribution in [2.45, 2.75) is 25.2 Å². The van der Waals surface area contributed by atoms with Gasteiger partial charge >= 0.3 is 6.18 Å². The van der Waals surface area contributed by atoms with E-state index in [1.165, 1.54) is 24.4 Å².